The van der Waals surface area contributed by atoms with Crippen LogP contribution in [-0.2, 0) is 9.59 Å². The zero-order valence-electron chi connectivity index (χ0n) is 13.1. The van der Waals surface area contributed by atoms with Gasteiger partial charge in [0.25, 0.3) is 0 Å². The standard InChI is InChI=1S/C15H21N5O2S/c21-12-6-4-10-20(12)15-17-16-14(23-15)19-9-3-5-11(19)13(22)18-7-1-2-8-18/h11H,1-10H2. The maximum absolute atomic E-state index is 12.7. The molecule has 0 spiro atoms. The molecule has 1 unspecified atom stereocenters. The van der Waals surface area contributed by atoms with Crippen molar-refractivity contribution in [2.75, 3.05) is 36.0 Å². The molecule has 4 rings (SSSR count). The van der Waals surface area contributed by atoms with E-state index in [4.69, 9.17) is 0 Å². The van der Waals surface area contributed by atoms with Crippen molar-refractivity contribution in [2.45, 2.75) is 44.6 Å². The second-order valence-corrected chi connectivity index (χ2v) is 7.33. The maximum Gasteiger partial charge on any atom is 0.245 e. The summed E-state index contributed by atoms with van der Waals surface area (Å²) in [6, 6.07) is -0.108. The highest BCUT2D eigenvalue weighted by Gasteiger charge is 2.37. The lowest BCUT2D eigenvalue weighted by Crippen LogP contribution is -2.44. The number of rotatable bonds is 3. The van der Waals surface area contributed by atoms with Crippen LogP contribution in [0.3, 0.4) is 0 Å². The van der Waals surface area contributed by atoms with Crippen LogP contribution in [0.1, 0.15) is 38.5 Å². The van der Waals surface area contributed by atoms with E-state index in [1.165, 1.54) is 11.3 Å². The van der Waals surface area contributed by atoms with E-state index in [0.717, 1.165) is 63.4 Å². The monoisotopic (exact) mass is 335 g/mol. The normalized spacial score (nSPS) is 25.0. The second-order valence-electron chi connectivity index (χ2n) is 6.40. The van der Waals surface area contributed by atoms with Crippen molar-refractivity contribution < 1.29 is 9.59 Å². The summed E-state index contributed by atoms with van der Waals surface area (Å²) in [6.45, 7) is 3.33. The fourth-order valence-corrected chi connectivity index (χ4v) is 4.65. The minimum atomic E-state index is -0.108. The summed E-state index contributed by atoms with van der Waals surface area (Å²) in [5.41, 5.74) is 0. The number of aromatic nitrogens is 2. The summed E-state index contributed by atoms with van der Waals surface area (Å²) in [5.74, 6) is 0.354. The smallest absolute Gasteiger partial charge is 0.245 e. The number of likely N-dealkylation sites (tertiary alicyclic amines) is 1. The van der Waals surface area contributed by atoms with Crippen molar-refractivity contribution in [1.82, 2.24) is 15.1 Å². The van der Waals surface area contributed by atoms with Crippen molar-refractivity contribution in [2.24, 2.45) is 0 Å². The minimum absolute atomic E-state index is 0.108. The Morgan fingerprint density at radius 3 is 2.52 bits per heavy atom. The number of hydrogen-bond acceptors (Lipinski definition) is 6. The number of carbonyl (C=O) groups excluding carboxylic acids is 2. The molecule has 1 aromatic heterocycles. The van der Waals surface area contributed by atoms with Gasteiger partial charge in [0.15, 0.2) is 0 Å². The first kappa shape index (κ1) is 14.9. The Morgan fingerprint density at radius 1 is 1.00 bits per heavy atom. The Bertz CT molecular complexity index is 613. The van der Waals surface area contributed by atoms with Crippen molar-refractivity contribution in [3.05, 3.63) is 0 Å². The molecule has 0 saturated carbocycles. The van der Waals surface area contributed by atoms with E-state index in [1.807, 2.05) is 4.90 Å². The van der Waals surface area contributed by atoms with Gasteiger partial charge in [0.1, 0.15) is 6.04 Å². The molecule has 2 amide bonds. The molecular weight excluding hydrogens is 314 g/mol. The van der Waals surface area contributed by atoms with Crippen LogP contribution in [-0.4, -0.2) is 59.1 Å². The molecule has 1 atom stereocenters. The number of hydrogen-bond donors (Lipinski definition) is 0. The van der Waals surface area contributed by atoms with Gasteiger partial charge in [0.2, 0.25) is 22.1 Å². The van der Waals surface area contributed by atoms with Crippen LogP contribution >= 0.6 is 11.3 Å². The molecule has 23 heavy (non-hydrogen) atoms. The molecule has 8 heteroatoms. The number of anilines is 2. The van der Waals surface area contributed by atoms with Gasteiger partial charge in [0, 0.05) is 32.6 Å². The van der Waals surface area contributed by atoms with Crippen LogP contribution in [0.25, 0.3) is 0 Å². The average Bonchev–Trinajstić information content (AvgIpc) is 3.32. The van der Waals surface area contributed by atoms with Gasteiger partial charge in [-0.3, -0.25) is 14.5 Å². The SMILES string of the molecule is O=C(C1CCCN1c1nnc(N2CCCC2=O)s1)N1CCCC1. The predicted octanol–water partition coefficient (Wildman–Crippen LogP) is 1.26. The molecule has 7 nitrogen and oxygen atoms in total. The molecule has 3 fully saturated rings. The Balaban J connectivity index is 1.51. The second kappa shape index (κ2) is 6.07. The van der Waals surface area contributed by atoms with Gasteiger partial charge in [-0.05, 0) is 32.1 Å². The first-order valence-electron chi connectivity index (χ1n) is 8.43. The van der Waals surface area contributed by atoms with E-state index in [1.54, 1.807) is 4.90 Å². The molecule has 0 radical (unpaired) electrons. The zero-order chi connectivity index (χ0) is 15.8. The van der Waals surface area contributed by atoms with E-state index in [0.29, 0.717) is 11.6 Å². The molecule has 4 heterocycles. The average molecular weight is 335 g/mol. The highest BCUT2D eigenvalue weighted by atomic mass is 32.1. The lowest BCUT2D eigenvalue weighted by atomic mass is 10.2. The van der Waals surface area contributed by atoms with Gasteiger partial charge < -0.3 is 9.80 Å². The van der Waals surface area contributed by atoms with Crippen molar-refractivity contribution >= 4 is 33.4 Å². The van der Waals surface area contributed by atoms with E-state index in [-0.39, 0.29) is 17.9 Å². The van der Waals surface area contributed by atoms with E-state index < -0.39 is 0 Å². The molecule has 124 valence electrons. The highest BCUT2D eigenvalue weighted by Crippen LogP contribution is 2.34. The predicted molar refractivity (Wildman–Crippen MR) is 87.7 cm³/mol. The Labute approximate surface area is 139 Å². The molecular formula is C15H21N5O2S. The van der Waals surface area contributed by atoms with Gasteiger partial charge in [-0.1, -0.05) is 11.3 Å². The Morgan fingerprint density at radius 2 is 1.78 bits per heavy atom. The van der Waals surface area contributed by atoms with Crippen LogP contribution in [0.2, 0.25) is 0 Å². The molecule has 3 aliphatic rings. The van der Waals surface area contributed by atoms with Gasteiger partial charge in [-0.25, -0.2) is 0 Å². The summed E-state index contributed by atoms with van der Waals surface area (Å²) in [7, 11) is 0. The van der Waals surface area contributed by atoms with Crippen molar-refractivity contribution in [3.8, 4) is 0 Å². The lowest BCUT2D eigenvalue weighted by molar-refractivity contribution is -0.131. The number of amides is 2. The molecule has 1 aromatic rings. The quantitative estimate of drug-likeness (QED) is 0.832. The zero-order valence-corrected chi connectivity index (χ0v) is 13.9. The fourth-order valence-electron chi connectivity index (χ4n) is 3.68. The third kappa shape index (κ3) is 2.69. The summed E-state index contributed by atoms with van der Waals surface area (Å²) < 4.78 is 0. The van der Waals surface area contributed by atoms with E-state index >= 15 is 0 Å². The first-order valence-corrected chi connectivity index (χ1v) is 9.25. The molecule has 0 aliphatic carbocycles. The van der Waals surface area contributed by atoms with Crippen LogP contribution in [0.5, 0.6) is 0 Å². The summed E-state index contributed by atoms with van der Waals surface area (Å²) in [6.07, 6.45) is 5.58. The van der Waals surface area contributed by atoms with Gasteiger partial charge in [0.05, 0.1) is 0 Å². The molecule has 3 saturated heterocycles. The van der Waals surface area contributed by atoms with Crippen LogP contribution in [0.15, 0.2) is 0 Å². The minimum Gasteiger partial charge on any atom is -0.341 e. The largest absolute Gasteiger partial charge is 0.341 e. The van der Waals surface area contributed by atoms with Crippen LogP contribution in [0, 0.1) is 0 Å². The molecule has 0 N–H and O–H groups in total. The Kier molecular flexibility index (Phi) is 3.92. The summed E-state index contributed by atoms with van der Waals surface area (Å²) >= 11 is 1.43. The number of carbonyl (C=O) groups is 2. The lowest BCUT2D eigenvalue weighted by Gasteiger charge is -2.27. The van der Waals surface area contributed by atoms with Crippen molar-refractivity contribution in [1.29, 1.82) is 0 Å². The van der Waals surface area contributed by atoms with Crippen LogP contribution in [0.4, 0.5) is 10.3 Å². The van der Waals surface area contributed by atoms with Crippen LogP contribution < -0.4 is 9.80 Å². The van der Waals surface area contributed by atoms with E-state index in [2.05, 4.69) is 15.1 Å². The number of nitrogens with zero attached hydrogens (tertiary/aromatic N) is 5. The fraction of sp³-hybridized carbons (Fsp3) is 0.733. The van der Waals surface area contributed by atoms with Gasteiger partial charge >= 0.3 is 0 Å². The van der Waals surface area contributed by atoms with E-state index in [9.17, 15) is 9.59 Å². The molecule has 0 aromatic carbocycles. The summed E-state index contributed by atoms with van der Waals surface area (Å²) in [4.78, 5) is 30.3. The molecule has 3 aliphatic heterocycles. The third-order valence-electron chi connectivity index (χ3n) is 4.91. The topological polar surface area (TPSA) is 69.6 Å². The van der Waals surface area contributed by atoms with Crippen molar-refractivity contribution in [3.63, 3.8) is 0 Å². The van der Waals surface area contributed by atoms with Gasteiger partial charge in [-0.15, -0.1) is 10.2 Å². The molecule has 0 bridgehead atoms. The van der Waals surface area contributed by atoms with Gasteiger partial charge in [-0.2, -0.15) is 0 Å². The highest BCUT2D eigenvalue weighted by molar-refractivity contribution is 7.19. The summed E-state index contributed by atoms with van der Waals surface area (Å²) in [5, 5.41) is 9.90. The maximum atomic E-state index is 12.7. The Hall–Kier alpha value is -1.70. The first-order chi connectivity index (χ1) is 11.2. The third-order valence-corrected chi connectivity index (χ3v) is 5.89.